The van der Waals surface area contributed by atoms with Crippen molar-refractivity contribution < 1.29 is 27.2 Å². The van der Waals surface area contributed by atoms with Crippen LogP contribution in [0.5, 0.6) is 0 Å². The predicted octanol–water partition coefficient (Wildman–Crippen LogP) is 12.4. The SMILES string of the molecule is CCCCCCc1c(-c2ccc(-c3ccc(-c4sc5c(c4CCCCCC)C(=O)C(F)(F)C5=C(C#N)C#N)s3)s2)sc2c1C(=O)C(F)(F)C2=C(C#N)C#N. The van der Waals surface area contributed by atoms with Gasteiger partial charge in [0, 0.05) is 40.4 Å². The summed E-state index contributed by atoms with van der Waals surface area (Å²) in [7, 11) is 0. The molecule has 14 heteroatoms. The van der Waals surface area contributed by atoms with Gasteiger partial charge < -0.3 is 0 Å². The standard InChI is InChI=1S/C40H30F4N4O2S4/c1-3-5-7-9-11-23-29-35(31(21(17-45)18-46)39(41,42)37(29)49)53-33(23)27-15-13-25(51-27)26-14-16-28(52-26)34-24(12-10-8-6-4-2)30-36(54-34)32(22(19-47)20-48)40(43,44)38(30)50/h13-16H,3-12H2,1-2H3. The molecule has 54 heavy (non-hydrogen) atoms. The third-order valence-corrected chi connectivity index (χ3v) is 14.8. The van der Waals surface area contributed by atoms with Gasteiger partial charge in [0.15, 0.2) is 0 Å². The molecular weight excluding hydrogens is 773 g/mol. The Morgan fingerprint density at radius 3 is 1.22 bits per heavy atom. The summed E-state index contributed by atoms with van der Waals surface area (Å²) >= 11 is 4.76. The minimum absolute atomic E-state index is 0.0429. The molecule has 0 radical (unpaired) electrons. The van der Waals surface area contributed by atoms with Crippen LogP contribution in [-0.2, 0) is 12.8 Å². The molecule has 0 amide bonds. The first-order valence-electron chi connectivity index (χ1n) is 17.4. The lowest BCUT2D eigenvalue weighted by atomic mass is 10.00. The summed E-state index contributed by atoms with van der Waals surface area (Å²) in [5.41, 5.74) is -2.51. The lowest BCUT2D eigenvalue weighted by molar-refractivity contribution is 0.0458. The molecule has 274 valence electrons. The number of carbonyl (C=O) groups is 2. The molecule has 0 saturated carbocycles. The highest BCUT2D eigenvalue weighted by Crippen LogP contribution is 2.57. The fourth-order valence-electron chi connectivity index (χ4n) is 6.92. The van der Waals surface area contributed by atoms with Crippen LogP contribution in [0.3, 0.4) is 0 Å². The number of Topliss-reactive ketones (excluding diaryl/α,β-unsaturated/α-hetero) is 2. The minimum atomic E-state index is -3.98. The van der Waals surface area contributed by atoms with E-state index in [1.165, 1.54) is 22.7 Å². The number of allylic oxidation sites excluding steroid dienone is 4. The van der Waals surface area contributed by atoms with Gasteiger partial charge in [-0.25, -0.2) is 0 Å². The van der Waals surface area contributed by atoms with Crippen LogP contribution in [0.4, 0.5) is 17.6 Å². The molecule has 0 N–H and O–H groups in total. The number of thiophene rings is 4. The van der Waals surface area contributed by atoms with Gasteiger partial charge in [0.25, 0.3) is 0 Å². The molecule has 4 aromatic heterocycles. The second-order valence-corrected chi connectivity index (χ2v) is 17.1. The smallest absolute Gasteiger partial charge is 0.287 e. The molecule has 2 aliphatic rings. The highest BCUT2D eigenvalue weighted by atomic mass is 32.1. The number of ketones is 2. The zero-order valence-electron chi connectivity index (χ0n) is 29.1. The van der Waals surface area contributed by atoms with Gasteiger partial charge in [0.05, 0.1) is 20.9 Å². The van der Waals surface area contributed by atoms with Crippen molar-refractivity contribution in [1.29, 1.82) is 21.0 Å². The van der Waals surface area contributed by atoms with E-state index in [-0.39, 0.29) is 20.9 Å². The van der Waals surface area contributed by atoms with E-state index in [4.69, 9.17) is 0 Å². The first-order chi connectivity index (χ1) is 25.9. The van der Waals surface area contributed by atoms with E-state index < -0.39 is 45.7 Å². The van der Waals surface area contributed by atoms with Gasteiger partial charge in [-0.1, -0.05) is 52.4 Å². The molecule has 4 aromatic rings. The second kappa shape index (κ2) is 15.6. The van der Waals surface area contributed by atoms with E-state index in [1.54, 1.807) is 24.3 Å². The molecule has 0 atom stereocenters. The van der Waals surface area contributed by atoms with Gasteiger partial charge in [-0.2, -0.15) is 38.6 Å². The summed E-state index contributed by atoms with van der Waals surface area (Å²) in [6, 6.07) is 13.6. The maximum atomic E-state index is 15.3. The topological polar surface area (TPSA) is 129 Å². The third-order valence-electron chi connectivity index (χ3n) is 9.53. The number of hydrogen-bond donors (Lipinski definition) is 0. The number of alkyl halides is 4. The van der Waals surface area contributed by atoms with E-state index in [9.17, 15) is 30.6 Å². The summed E-state index contributed by atoms with van der Waals surface area (Å²) in [4.78, 5) is 30.7. The van der Waals surface area contributed by atoms with Crippen molar-refractivity contribution in [1.82, 2.24) is 0 Å². The first-order valence-corrected chi connectivity index (χ1v) is 20.7. The number of rotatable bonds is 13. The Balaban J connectivity index is 1.42. The Morgan fingerprint density at radius 2 is 0.889 bits per heavy atom. The van der Waals surface area contributed by atoms with Crippen LogP contribution in [0, 0.1) is 45.3 Å². The van der Waals surface area contributed by atoms with Crippen molar-refractivity contribution >= 4 is 68.1 Å². The number of unbranched alkanes of at least 4 members (excludes halogenated alkanes) is 6. The molecule has 6 rings (SSSR count). The van der Waals surface area contributed by atoms with Gasteiger partial charge >= 0.3 is 11.8 Å². The number of nitriles is 4. The van der Waals surface area contributed by atoms with Crippen LogP contribution in [0.1, 0.15) is 107 Å². The number of nitrogens with zero attached hydrogens (tertiary/aromatic N) is 4. The molecule has 4 heterocycles. The van der Waals surface area contributed by atoms with Crippen LogP contribution in [0.15, 0.2) is 35.4 Å². The molecule has 0 aromatic carbocycles. The van der Waals surface area contributed by atoms with Gasteiger partial charge in [-0.15, -0.1) is 45.3 Å². The molecule has 0 fully saturated rings. The van der Waals surface area contributed by atoms with Crippen LogP contribution >= 0.6 is 45.3 Å². The monoisotopic (exact) mass is 802 g/mol. The second-order valence-electron chi connectivity index (χ2n) is 12.9. The number of halogens is 4. The zero-order chi connectivity index (χ0) is 38.9. The largest absolute Gasteiger partial charge is 0.338 e. The highest BCUT2D eigenvalue weighted by molar-refractivity contribution is 7.29. The van der Waals surface area contributed by atoms with E-state index in [1.807, 2.05) is 24.3 Å². The van der Waals surface area contributed by atoms with Crippen molar-refractivity contribution in [2.24, 2.45) is 0 Å². The molecule has 0 unspecified atom stereocenters. The lowest BCUT2D eigenvalue weighted by Crippen LogP contribution is -2.24. The van der Waals surface area contributed by atoms with E-state index in [2.05, 4.69) is 13.8 Å². The normalized spacial score (nSPS) is 15.1. The van der Waals surface area contributed by atoms with Gasteiger partial charge in [-0.05, 0) is 61.1 Å². The average molecular weight is 803 g/mol. The summed E-state index contributed by atoms with van der Waals surface area (Å²) in [6.45, 7) is 4.10. The Bertz CT molecular complexity index is 2230. The van der Waals surface area contributed by atoms with E-state index in [0.29, 0.717) is 46.6 Å². The van der Waals surface area contributed by atoms with Crippen LogP contribution < -0.4 is 0 Å². The predicted molar refractivity (Wildman–Crippen MR) is 205 cm³/mol. The fraction of sp³-hybridized carbons (Fsp3) is 0.350. The summed E-state index contributed by atoms with van der Waals surface area (Å²) in [5.74, 6) is -10.8. The van der Waals surface area contributed by atoms with E-state index >= 15 is 17.6 Å². The van der Waals surface area contributed by atoms with Crippen LogP contribution in [0.25, 0.3) is 40.4 Å². The average Bonchev–Trinajstić information content (AvgIpc) is 4.00. The molecule has 0 aliphatic heterocycles. The Kier molecular flexibility index (Phi) is 11.2. The molecule has 0 saturated heterocycles. The molecule has 0 spiro atoms. The van der Waals surface area contributed by atoms with Crippen LogP contribution in [0.2, 0.25) is 0 Å². The third kappa shape index (κ3) is 6.46. The van der Waals surface area contributed by atoms with Crippen molar-refractivity contribution in [2.75, 3.05) is 0 Å². The zero-order valence-corrected chi connectivity index (χ0v) is 32.4. The quantitative estimate of drug-likeness (QED) is 0.0751. The molecule has 0 bridgehead atoms. The van der Waals surface area contributed by atoms with Gasteiger partial charge in [0.2, 0.25) is 11.6 Å². The van der Waals surface area contributed by atoms with Crippen molar-refractivity contribution in [2.45, 2.75) is 89.9 Å². The summed E-state index contributed by atoms with van der Waals surface area (Å²) in [5, 5.41) is 38.0. The van der Waals surface area contributed by atoms with Gasteiger partial charge in [0.1, 0.15) is 35.4 Å². The van der Waals surface area contributed by atoms with Crippen molar-refractivity contribution in [3.8, 4) is 53.5 Å². The minimum Gasteiger partial charge on any atom is -0.287 e. The van der Waals surface area contributed by atoms with Gasteiger partial charge in [-0.3, -0.25) is 9.59 Å². The van der Waals surface area contributed by atoms with Crippen LogP contribution in [-0.4, -0.2) is 23.4 Å². The number of hydrogen-bond acceptors (Lipinski definition) is 10. The molecule has 2 aliphatic carbocycles. The first kappa shape index (κ1) is 39.0. The lowest BCUT2D eigenvalue weighted by Gasteiger charge is -2.11. The maximum absolute atomic E-state index is 15.3. The maximum Gasteiger partial charge on any atom is 0.338 e. The summed E-state index contributed by atoms with van der Waals surface area (Å²) < 4.78 is 61.3. The van der Waals surface area contributed by atoms with E-state index in [0.717, 1.165) is 80.7 Å². The summed E-state index contributed by atoms with van der Waals surface area (Å²) in [6.07, 6.45) is 7.55. The fourth-order valence-corrected chi connectivity index (χ4v) is 12.2. The number of carbonyl (C=O) groups excluding carboxylic acids is 2. The Labute approximate surface area is 325 Å². The molecular formula is C40H30F4N4O2S4. The van der Waals surface area contributed by atoms with Crippen molar-refractivity contribution in [3.63, 3.8) is 0 Å². The molecule has 6 nitrogen and oxygen atoms in total. The van der Waals surface area contributed by atoms with Crippen molar-refractivity contribution in [3.05, 3.63) is 67.4 Å². The number of fused-ring (bicyclic) bond motifs is 2. The Morgan fingerprint density at radius 1 is 0.537 bits per heavy atom. The highest BCUT2D eigenvalue weighted by Gasteiger charge is 2.57. The Hall–Kier alpha value is -4.70.